The molecule has 1 atom stereocenters. The molecule has 0 saturated carbocycles. The molecule has 2 aliphatic rings. The smallest absolute Gasteiger partial charge is 0.220 e. The summed E-state index contributed by atoms with van der Waals surface area (Å²) in [5.41, 5.74) is 3.63. The van der Waals surface area contributed by atoms with Crippen molar-refractivity contribution in [2.45, 2.75) is 52.0 Å². The zero-order chi connectivity index (χ0) is 18.6. The van der Waals surface area contributed by atoms with Gasteiger partial charge in [0, 0.05) is 45.2 Å². The molecule has 0 spiro atoms. The van der Waals surface area contributed by atoms with E-state index in [1.54, 1.807) is 0 Å². The maximum absolute atomic E-state index is 11.5. The number of amides is 1. The third-order valence-electron chi connectivity index (χ3n) is 5.68. The van der Waals surface area contributed by atoms with Crippen molar-refractivity contribution in [1.29, 1.82) is 0 Å². The minimum Gasteiger partial charge on any atom is -0.350 e. The van der Waals surface area contributed by atoms with Crippen LogP contribution < -0.4 is 5.32 Å². The lowest BCUT2D eigenvalue weighted by Gasteiger charge is -2.32. The van der Waals surface area contributed by atoms with Crippen molar-refractivity contribution in [3.63, 3.8) is 0 Å². The van der Waals surface area contributed by atoms with Gasteiger partial charge in [-0.05, 0) is 18.1 Å². The number of hydrogen-bond acceptors (Lipinski definition) is 4. The molecular weight excluding hydrogens is 338 g/mol. The first-order valence-corrected chi connectivity index (χ1v) is 10.0. The SMILES string of the molecule is CCC(=O)NCc1cc2n(n1)CCN([C@H]1CCN(Cc3ccccc3)C1)C2. The summed E-state index contributed by atoms with van der Waals surface area (Å²) in [6.45, 7) is 8.70. The number of benzene rings is 1. The largest absolute Gasteiger partial charge is 0.350 e. The van der Waals surface area contributed by atoms with Crippen LogP contribution in [0, 0.1) is 0 Å². The molecule has 2 aliphatic heterocycles. The summed E-state index contributed by atoms with van der Waals surface area (Å²) >= 11 is 0. The van der Waals surface area contributed by atoms with Crippen molar-refractivity contribution < 1.29 is 4.79 Å². The van der Waals surface area contributed by atoms with E-state index < -0.39 is 0 Å². The number of nitrogens with one attached hydrogen (secondary N) is 1. The Bertz CT molecular complexity index is 772. The summed E-state index contributed by atoms with van der Waals surface area (Å²) in [7, 11) is 0. The van der Waals surface area contributed by atoms with Gasteiger partial charge in [-0.25, -0.2) is 0 Å². The molecule has 1 N–H and O–H groups in total. The van der Waals surface area contributed by atoms with E-state index in [0.717, 1.165) is 38.4 Å². The highest BCUT2D eigenvalue weighted by molar-refractivity contribution is 5.75. The van der Waals surface area contributed by atoms with E-state index in [9.17, 15) is 4.79 Å². The van der Waals surface area contributed by atoms with Gasteiger partial charge in [0.25, 0.3) is 0 Å². The fourth-order valence-electron chi connectivity index (χ4n) is 4.15. The summed E-state index contributed by atoms with van der Waals surface area (Å²) in [5.74, 6) is 0.0760. The number of nitrogens with zero attached hydrogens (tertiary/aromatic N) is 4. The van der Waals surface area contributed by atoms with Gasteiger partial charge in [0.05, 0.1) is 24.5 Å². The average molecular weight is 367 g/mol. The van der Waals surface area contributed by atoms with Crippen LogP contribution in [0.3, 0.4) is 0 Å². The second kappa shape index (κ2) is 8.23. The third kappa shape index (κ3) is 4.39. The zero-order valence-corrected chi connectivity index (χ0v) is 16.1. The summed E-state index contributed by atoms with van der Waals surface area (Å²) in [4.78, 5) is 16.6. The maximum Gasteiger partial charge on any atom is 0.220 e. The van der Waals surface area contributed by atoms with Crippen LogP contribution in [0.15, 0.2) is 36.4 Å². The van der Waals surface area contributed by atoms with Gasteiger partial charge in [-0.1, -0.05) is 37.3 Å². The van der Waals surface area contributed by atoms with Gasteiger partial charge in [0.15, 0.2) is 0 Å². The Morgan fingerprint density at radius 1 is 1.22 bits per heavy atom. The average Bonchev–Trinajstić information content (AvgIpc) is 3.32. The molecule has 144 valence electrons. The van der Waals surface area contributed by atoms with Crippen LogP contribution in [0.1, 0.15) is 36.7 Å². The Morgan fingerprint density at radius 3 is 2.89 bits per heavy atom. The van der Waals surface area contributed by atoms with Crippen LogP contribution >= 0.6 is 0 Å². The lowest BCUT2D eigenvalue weighted by molar-refractivity contribution is -0.120. The minimum atomic E-state index is 0.0760. The fourth-order valence-corrected chi connectivity index (χ4v) is 4.15. The number of hydrogen-bond donors (Lipinski definition) is 1. The quantitative estimate of drug-likeness (QED) is 0.849. The van der Waals surface area contributed by atoms with Gasteiger partial charge in [0.2, 0.25) is 5.91 Å². The highest BCUT2D eigenvalue weighted by Crippen LogP contribution is 2.23. The number of likely N-dealkylation sites (tertiary alicyclic amines) is 1. The molecule has 6 nitrogen and oxygen atoms in total. The van der Waals surface area contributed by atoms with E-state index in [1.807, 2.05) is 6.92 Å². The van der Waals surface area contributed by atoms with Gasteiger partial charge in [-0.2, -0.15) is 5.10 Å². The molecule has 1 amide bonds. The predicted molar refractivity (Wildman–Crippen MR) is 105 cm³/mol. The Balaban J connectivity index is 1.32. The molecule has 0 aliphatic carbocycles. The molecule has 3 heterocycles. The van der Waals surface area contributed by atoms with Crippen LogP contribution in [0.2, 0.25) is 0 Å². The van der Waals surface area contributed by atoms with E-state index in [2.05, 4.69) is 61.3 Å². The normalized spacial score (nSPS) is 20.6. The van der Waals surface area contributed by atoms with Crippen molar-refractivity contribution >= 4 is 5.91 Å². The second-order valence-corrected chi connectivity index (χ2v) is 7.61. The molecule has 1 fully saturated rings. The maximum atomic E-state index is 11.5. The first-order chi connectivity index (χ1) is 13.2. The Morgan fingerprint density at radius 2 is 2.07 bits per heavy atom. The summed E-state index contributed by atoms with van der Waals surface area (Å²) in [6, 6.07) is 13.5. The third-order valence-corrected chi connectivity index (χ3v) is 5.68. The highest BCUT2D eigenvalue weighted by atomic mass is 16.1. The molecule has 4 rings (SSSR count). The minimum absolute atomic E-state index is 0.0760. The number of rotatable bonds is 6. The number of carbonyl (C=O) groups excluding carboxylic acids is 1. The van der Waals surface area contributed by atoms with E-state index in [0.29, 0.717) is 19.0 Å². The van der Waals surface area contributed by atoms with Crippen molar-refractivity contribution in [2.24, 2.45) is 0 Å². The van der Waals surface area contributed by atoms with Gasteiger partial charge in [0.1, 0.15) is 0 Å². The number of fused-ring (bicyclic) bond motifs is 1. The summed E-state index contributed by atoms with van der Waals surface area (Å²) in [5, 5.41) is 7.57. The molecule has 0 bridgehead atoms. The number of aromatic nitrogens is 2. The van der Waals surface area contributed by atoms with Crippen molar-refractivity contribution in [3.05, 3.63) is 53.3 Å². The molecule has 0 radical (unpaired) electrons. The molecule has 2 aromatic rings. The fraction of sp³-hybridized carbons (Fsp3) is 0.524. The Hall–Kier alpha value is -2.18. The first-order valence-electron chi connectivity index (χ1n) is 10.0. The van der Waals surface area contributed by atoms with Gasteiger partial charge >= 0.3 is 0 Å². The Kier molecular flexibility index (Phi) is 5.55. The highest BCUT2D eigenvalue weighted by Gasteiger charge is 2.30. The second-order valence-electron chi connectivity index (χ2n) is 7.61. The van der Waals surface area contributed by atoms with Crippen LogP contribution in [-0.2, 0) is 31.0 Å². The lowest BCUT2D eigenvalue weighted by atomic mass is 10.2. The lowest BCUT2D eigenvalue weighted by Crippen LogP contribution is -2.42. The molecule has 6 heteroatoms. The molecule has 1 saturated heterocycles. The Labute approximate surface area is 161 Å². The summed E-state index contributed by atoms with van der Waals surface area (Å²) < 4.78 is 2.11. The molecule has 27 heavy (non-hydrogen) atoms. The number of carbonyl (C=O) groups is 1. The molecule has 1 aromatic carbocycles. The van der Waals surface area contributed by atoms with Gasteiger partial charge in [-0.3, -0.25) is 19.3 Å². The van der Waals surface area contributed by atoms with Crippen LogP contribution in [0.25, 0.3) is 0 Å². The van der Waals surface area contributed by atoms with Crippen molar-refractivity contribution in [2.75, 3.05) is 19.6 Å². The zero-order valence-electron chi connectivity index (χ0n) is 16.1. The van der Waals surface area contributed by atoms with Gasteiger partial charge < -0.3 is 5.32 Å². The van der Waals surface area contributed by atoms with Crippen LogP contribution in [0.4, 0.5) is 0 Å². The topological polar surface area (TPSA) is 53.4 Å². The standard InChI is InChI=1S/C21H29N5O/c1-2-21(27)22-13-18-12-20-16-25(10-11-26(20)23-18)19-8-9-24(15-19)14-17-6-4-3-5-7-17/h3-7,12,19H,2,8-11,13-16H2,1H3,(H,22,27)/t19-/m0/s1. The summed E-state index contributed by atoms with van der Waals surface area (Å²) in [6.07, 6.45) is 1.75. The van der Waals surface area contributed by atoms with Crippen LogP contribution in [0.5, 0.6) is 0 Å². The van der Waals surface area contributed by atoms with Crippen LogP contribution in [-0.4, -0.2) is 51.2 Å². The molecule has 1 aromatic heterocycles. The monoisotopic (exact) mass is 367 g/mol. The molecule has 0 unspecified atom stereocenters. The van der Waals surface area contributed by atoms with E-state index in [-0.39, 0.29) is 5.91 Å². The van der Waals surface area contributed by atoms with Crippen molar-refractivity contribution in [3.8, 4) is 0 Å². The van der Waals surface area contributed by atoms with Crippen molar-refractivity contribution in [1.82, 2.24) is 24.9 Å². The van der Waals surface area contributed by atoms with Gasteiger partial charge in [-0.15, -0.1) is 0 Å². The first kappa shape index (κ1) is 18.2. The predicted octanol–water partition coefficient (Wildman–Crippen LogP) is 2.00. The van der Waals surface area contributed by atoms with E-state index >= 15 is 0 Å². The molecular formula is C21H29N5O. The van der Waals surface area contributed by atoms with E-state index in [1.165, 1.54) is 24.2 Å². The van der Waals surface area contributed by atoms with E-state index in [4.69, 9.17) is 0 Å².